The van der Waals surface area contributed by atoms with E-state index in [0.29, 0.717) is 6.54 Å². The van der Waals surface area contributed by atoms with Gasteiger partial charge in [0.15, 0.2) is 0 Å². The number of carbonyl (C=O) groups excluding carboxylic acids is 1. The Morgan fingerprint density at radius 3 is 2.45 bits per heavy atom. The zero-order valence-corrected chi connectivity index (χ0v) is 13.8. The lowest BCUT2D eigenvalue weighted by Crippen LogP contribution is -2.41. The lowest BCUT2D eigenvalue weighted by atomic mass is 10.1. The first-order valence-electron chi connectivity index (χ1n) is 8.43. The van der Waals surface area contributed by atoms with E-state index in [9.17, 15) is 4.79 Å². The fourth-order valence-electron chi connectivity index (χ4n) is 2.66. The van der Waals surface area contributed by atoms with Crippen LogP contribution >= 0.6 is 11.6 Å². The molecule has 22 heavy (non-hydrogen) atoms. The molecule has 3 nitrogen and oxygen atoms in total. The van der Waals surface area contributed by atoms with Gasteiger partial charge in [0.2, 0.25) is 5.91 Å². The van der Waals surface area contributed by atoms with Crippen molar-refractivity contribution in [3.05, 3.63) is 34.9 Å². The van der Waals surface area contributed by atoms with E-state index in [2.05, 4.69) is 5.32 Å². The standard InChI is InChI=1S/C18H25ClN2O/c19-17-7-5-14(6-8-17)9-10-21(13-16-3-4-16)18(22)12-20-11-15-1-2-15/h5-8,15-16,20H,1-4,9-13H2. The average Bonchev–Trinajstić information content (AvgIpc) is 3.40. The van der Waals surface area contributed by atoms with Crippen molar-refractivity contribution in [2.75, 3.05) is 26.2 Å². The van der Waals surface area contributed by atoms with Crippen molar-refractivity contribution < 1.29 is 4.79 Å². The van der Waals surface area contributed by atoms with Crippen LogP contribution in [0.15, 0.2) is 24.3 Å². The molecule has 2 aliphatic carbocycles. The number of rotatable bonds is 9. The molecule has 0 atom stereocenters. The first-order valence-corrected chi connectivity index (χ1v) is 8.81. The number of hydrogen-bond acceptors (Lipinski definition) is 2. The van der Waals surface area contributed by atoms with Gasteiger partial charge in [-0.05, 0) is 68.2 Å². The van der Waals surface area contributed by atoms with Gasteiger partial charge in [-0.3, -0.25) is 4.79 Å². The van der Waals surface area contributed by atoms with Crippen LogP contribution in [0.25, 0.3) is 0 Å². The SMILES string of the molecule is O=C(CNCC1CC1)N(CCc1ccc(Cl)cc1)CC1CC1. The molecule has 1 aromatic carbocycles. The molecule has 1 N–H and O–H groups in total. The van der Waals surface area contributed by atoms with Crippen molar-refractivity contribution in [2.45, 2.75) is 32.1 Å². The highest BCUT2D eigenvalue weighted by Gasteiger charge is 2.27. The Labute approximate surface area is 138 Å². The van der Waals surface area contributed by atoms with E-state index in [1.165, 1.54) is 31.2 Å². The Balaban J connectivity index is 1.46. The molecule has 3 rings (SSSR count). The molecule has 4 heteroatoms. The van der Waals surface area contributed by atoms with Crippen molar-refractivity contribution in [1.82, 2.24) is 10.2 Å². The van der Waals surface area contributed by atoms with Gasteiger partial charge in [0, 0.05) is 18.1 Å². The number of amides is 1. The molecule has 0 spiro atoms. The monoisotopic (exact) mass is 320 g/mol. The topological polar surface area (TPSA) is 32.3 Å². The summed E-state index contributed by atoms with van der Waals surface area (Å²) in [6.45, 7) is 3.23. The van der Waals surface area contributed by atoms with Crippen LogP contribution in [0, 0.1) is 11.8 Å². The predicted molar refractivity (Wildman–Crippen MR) is 90.1 cm³/mol. The van der Waals surface area contributed by atoms with Gasteiger partial charge in [0.1, 0.15) is 0 Å². The molecule has 0 bridgehead atoms. The summed E-state index contributed by atoms with van der Waals surface area (Å²) in [6.07, 6.45) is 6.10. The Bertz CT molecular complexity index is 494. The molecule has 0 aliphatic heterocycles. The molecule has 2 aliphatic rings. The maximum absolute atomic E-state index is 12.4. The van der Waals surface area contributed by atoms with E-state index in [1.807, 2.05) is 29.2 Å². The van der Waals surface area contributed by atoms with E-state index in [4.69, 9.17) is 11.6 Å². The summed E-state index contributed by atoms with van der Waals surface area (Å²) in [6, 6.07) is 7.93. The molecule has 120 valence electrons. The molecule has 0 radical (unpaired) electrons. The third-order valence-electron chi connectivity index (χ3n) is 4.52. The number of nitrogens with zero attached hydrogens (tertiary/aromatic N) is 1. The summed E-state index contributed by atoms with van der Waals surface area (Å²) in [5, 5.41) is 4.08. The molecular formula is C18H25ClN2O. The van der Waals surface area contributed by atoms with E-state index < -0.39 is 0 Å². The molecule has 0 saturated heterocycles. The minimum absolute atomic E-state index is 0.251. The molecule has 0 heterocycles. The lowest BCUT2D eigenvalue weighted by molar-refractivity contribution is -0.130. The normalized spacial score (nSPS) is 17.5. The summed E-state index contributed by atoms with van der Waals surface area (Å²) in [5.41, 5.74) is 1.24. The molecule has 0 aromatic heterocycles. The largest absolute Gasteiger partial charge is 0.341 e. The quantitative estimate of drug-likeness (QED) is 0.758. The third kappa shape index (κ3) is 5.29. The molecule has 2 fully saturated rings. The first kappa shape index (κ1) is 15.8. The van der Waals surface area contributed by atoms with Gasteiger partial charge in [-0.25, -0.2) is 0 Å². The first-order chi connectivity index (χ1) is 10.7. The predicted octanol–water partition coefficient (Wildman–Crippen LogP) is 3.12. The van der Waals surface area contributed by atoms with Gasteiger partial charge < -0.3 is 10.2 Å². The molecule has 0 unspecified atom stereocenters. The van der Waals surface area contributed by atoms with Gasteiger partial charge in [0.05, 0.1) is 6.54 Å². The second kappa shape index (κ2) is 7.47. The second-order valence-corrected chi connectivity index (χ2v) is 7.17. The Morgan fingerprint density at radius 1 is 1.14 bits per heavy atom. The van der Waals surface area contributed by atoms with Crippen LogP contribution in [0.5, 0.6) is 0 Å². The van der Waals surface area contributed by atoms with Crippen LogP contribution in [-0.2, 0) is 11.2 Å². The number of halogens is 1. The van der Waals surface area contributed by atoms with Crippen LogP contribution in [-0.4, -0.2) is 37.0 Å². The van der Waals surface area contributed by atoms with Crippen molar-refractivity contribution in [2.24, 2.45) is 11.8 Å². The highest BCUT2D eigenvalue weighted by Crippen LogP contribution is 2.30. The van der Waals surface area contributed by atoms with Gasteiger partial charge in [-0.1, -0.05) is 23.7 Å². The minimum Gasteiger partial charge on any atom is -0.341 e. The van der Waals surface area contributed by atoms with E-state index in [-0.39, 0.29) is 5.91 Å². The van der Waals surface area contributed by atoms with Crippen molar-refractivity contribution in [3.8, 4) is 0 Å². The van der Waals surface area contributed by atoms with Crippen molar-refractivity contribution in [3.63, 3.8) is 0 Å². The number of hydrogen-bond donors (Lipinski definition) is 1. The molecule has 2 saturated carbocycles. The fourth-order valence-corrected chi connectivity index (χ4v) is 2.79. The van der Waals surface area contributed by atoms with E-state index in [1.54, 1.807) is 0 Å². The van der Waals surface area contributed by atoms with Crippen LogP contribution in [0.3, 0.4) is 0 Å². The zero-order chi connectivity index (χ0) is 15.4. The fraction of sp³-hybridized carbons (Fsp3) is 0.611. The zero-order valence-electron chi connectivity index (χ0n) is 13.1. The minimum atomic E-state index is 0.251. The summed E-state index contributed by atoms with van der Waals surface area (Å²) in [5.74, 6) is 1.80. The van der Waals surface area contributed by atoms with Gasteiger partial charge in [-0.2, -0.15) is 0 Å². The van der Waals surface area contributed by atoms with Gasteiger partial charge >= 0.3 is 0 Å². The summed E-state index contributed by atoms with van der Waals surface area (Å²) in [7, 11) is 0. The van der Waals surface area contributed by atoms with Crippen LogP contribution in [0.1, 0.15) is 31.2 Å². The number of nitrogens with one attached hydrogen (secondary N) is 1. The highest BCUT2D eigenvalue weighted by atomic mass is 35.5. The van der Waals surface area contributed by atoms with Crippen molar-refractivity contribution >= 4 is 17.5 Å². The maximum atomic E-state index is 12.4. The maximum Gasteiger partial charge on any atom is 0.236 e. The summed E-state index contributed by atoms with van der Waals surface area (Å²) >= 11 is 5.92. The average molecular weight is 321 g/mol. The highest BCUT2D eigenvalue weighted by molar-refractivity contribution is 6.30. The smallest absolute Gasteiger partial charge is 0.236 e. The number of benzene rings is 1. The van der Waals surface area contributed by atoms with Gasteiger partial charge in [0.25, 0.3) is 0 Å². The lowest BCUT2D eigenvalue weighted by Gasteiger charge is -2.23. The molecule has 1 amide bonds. The third-order valence-corrected chi connectivity index (χ3v) is 4.77. The second-order valence-electron chi connectivity index (χ2n) is 6.73. The number of carbonyl (C=O) groups is 1. The van der Waals surface area contributed by atoms with Gasteiger partial charge in [-0.15, -0.1) is 0 Å². The summed E-state index contributed by atoms with van der Waals surface area (Å²) in [4.78, 5) is 14.5. The van der Waals surface area contributed by atoms with Crippen LogP contribution in [0.2, 0.25) is 5.02 Å². The van der Waals surface area contributed by atoms with Crippen molar-refractivity contribution in [1.29, 1.82) is 0 Å². The Kier molecular flexibility index (Phi) is 5.37. The Hall–Kier alpha value is -1.06. The van der Waals surface area contributed by atoms with E-state index >= 15 is 0 Å². The molecule has 1 aromatic rings. The Morgan fingerprint density at radius 2 is 1.82 bits per heavy atom. The van der Waals surface area contributed by atoms with Crippen LogP contribution < -0.4 is 5.32 Å². The van der Waals surface area contributed by atoms with E-state index in [0.717, 1.165) is 42.9 Å². The molecular weight excluding hydrogens is 296 g/mol. The van der Waals surface area contributed by atoms with Crippen LogP contribution in [0.4, 0.5) is 0 Å². The summed E-state index contributed by atoms with van der Waals surface area (Å²) < 4.78 is 0.